The lowest BCUT2D eigenvalue weighted by Crippen LogP contribution is -2.35. The van der Waals surface area contributed by atoms with Crippen LogP contribution in [0.1, 0.15) is 17.7 Å². The predicted octanol–water partition coefficient (Wildman–Crippen LogP) is 2.35. The van der Waals surface area contributed by atoms with Crippen molar-refractivity contribution < 1.29 is 9.53 Å². The maximum Gasteiger partial charge on any atom is 0.249 e. The number of hydrogen-bond donors (Lipinski definition) is 1. The van der Waals surface area contributed by atoms with Gasteiger partial charge in [-0.2, -0.15) is 0 Å². The predicted molar refractivity (Wildman–Crippen MR) is 67.7 cm³/mol. The Morgan fingerprint density at radius 3 is 3.19 bits per heavy atom. The van der Waals surface area contributed by atoms with Crippen molar-refractivity contribution in [3.05, 3.63) is 20.8 Å². The Balaban J connectivity index is 1.69. The molecule has 1 atom stereocenters. The molecule has 2 rings (SSSR count). The summed E-state index contributed by atoms with van der Waals surface area (Å²) < 4.78 is 6.41. The first kappa shape index (κ1) is 12.1. The van der Waals surface area contributed by atoms with E-state index in [1.165, 1.54) is 4.88 Å². The molecule has 0 radical (unpaired) electrons. The monoisotopic (exact) mass is 303 g/mol. The fourth-order valence-electron chi connectivity index (χ4n) is 1.69. The highest BCUT2D eigenvalue weighted by Gasteiger charge is 2.22. The lowest BCUT2D eigenvalue weighted by Gasteiger charge is -2.09. The quantitative estimate of drug-likeness (QED) is 0.927. The van der Waals surface area contributed by atoms with Crippen LogP contribution in [0.3, 0.4) is 0 Å². The number of nitrogens with one attached hydrogen (secondary N) is 1. The summed E-state index contributed by atoms with van der Waals surface area (Å²) in [4.78, 5) is 12.9. The van der Waals surface area contributed by atoms with Gasteiger partial charge in [-0.05, 0) is 41.3 Å². The molecule has 1 aromatic rings. The molecule has 0 spiro atoms. The minimum atomic E-state index is -0.213. The van der Waals surface area contributed by atoms with Gasteiger partial charge in [0.05, 0.1) is 0 Å². The molecule has 5 heteroatoms. The number of halogens is 1. The minimum absolute atomic E-state index is 0.0353. The Labute approximate surface area is 107 Å². The molecule has 0 bridgehead atoms. The topological polar surface area (TPSA) is 38.3 Å². The number of hydrogen-bond acceptors (Lipinski definition) is 3. The molecule has 1 saturated heterocycles. The molecule has 0 saturated carbocycles. The fourth-order valence-corrected chi connectivity index (χ4v) is 3.15. The van der Waals surface area contributed by atoms with Crippen LogP contribution < -0.4 is 5.32 Å². The van der Waals surface area contributed by atoms with E-state index in [4.69, 9.17) is 4.74 Å². The van der Waals surface area contributed by atoms with Crippen molar-refractivity contribution in [1.29, 1.82) is 0 Å². The Hall–Kier alpha value is -0.390. The summed E-state index contributed by atoms with van der Waals surface area (Å²) in [6.07, 6.45) is 2.52. The molecule has 1 aliphatic rings. The molecule has 1 unspecified atom stereocenters. The van der Waals surface area contributed by atoms with Gasteiger partial charge in [0.2, 0.25) is 5.91 Å². The van der Waals surface area contributed by atoms with Crippen LogP contribution in [0.4, 0.5) is 0 Å². The van der Waals surface area contributed by atoms with Gasteiger partial charge in [-0.25, -0.2) is 0 Å². The maximum atomic E-state index is 11.6. The summed E-state index contributed by atoms with van der Waals surface area (Å²) in [6.45, 7) is 1.40. The van der Waals surface area contributed by atoms with E-state index >= 15 is 0 Å². The average molecular weight is 304 g/mol. The molecular formula is C11H14BrNO2S. The van der Waals surface area contributed by atoms with E-state index < -0.39 is 0 Å². The van der Waals surface area contributed by atoms with E-state index in [-0.39, 0.29) is 12.0 Å². The molecule has 1 fully saturated rings. The van der Waals surface area contributed by atoms with Crippen LogP contribution in [0.2, 0.25) is 0 Å². The standard InChI is InChI=1S/C11H14BrNO2S/c12-8-6-9(16-7-8)3-4-13-11(14)10-2-1-5-15-10/h6-7,10H,1-5H2,(H,13,14). The zero-order valence-corrected chi connectivity index (χ0v) is 11.3. The Bertz CT molecular complexity index is 361. The first-order valence-corrected chi connectivity index (χ1v) is 7.05. The van der Waals surface area contributed by atoms with E-state index in [0.29, 0.717) is 6.54 Å². The third kappa shape index (κ3) is 3.30. The zero-order valence-electron chi connectivity index (χ0n) is 8.87. The van der Waals surface area contributed by atoms with Crippen molar-refractivity contribution in [2.75, 3.05) is 13.2 Å². The lowest BCUT2D eigenvalue weighted by molar-refractivity contribution is -0.129. The largest absolute Gasteiger partial charge is 0.368 e. The highest BCUT2D eigenvalue weighted by Crippen LogP contribution is 2.19. The van der Waals surface area contributed by atoms with Crippen LogP contribution in [0, 0.1) is 0 Å². The van der Waals surface area contributed by atoms with Crippen LogP contribution in [-0.2, 0) is 16.0 Å². The first-order chi connectivity index (χ1) is 7.75. The molecule has 1 N–H and O–H groups in total. The molecule has 2 heterocycles. The molecule has 16 heavy (non-hydrogen) atoms. The van der Waals surface area contributed by atoms with Gasteiger partial charge >= 0.3 is 0 Å². The molecule has 0 aromatic carbocycles. The van der Waals surface area contributed by atoms with Crippen molar-refractivity contribution in [2.24, 2.45) is 0 Å². The second kappa shape index (κ2) is 5.80. The summed E-state index contributed by atoms with van der Waals surface area (Å²) in [6, 6.07) is 2.09. The van der Waals surface area contributed by atoms with Gasteiger partial charge in [0.1, 0.15) is 6.10 Å². The van der Waals surface area contributed by atoms with Gasteiger partial charge in [-0.15, -0.1) is 11.3 Å². The second-order valence-electron chi connectivity index (χ2n) is 3.77. The number of thiophene rings is 1. The number of amides is 1. The Kier molecular flexibility index (Phi) is 4.37. The molecule has 1 aliphatic heterocycles. The normalized spacial score (nSPS) is 19.9. The summed E-state index contributed by atoms with van der Waals surface area (Å²) in [5.74, 6) is 0.0353. The Morgan fingerprint density at radius 1 is 1.69 bits per heavy atom. The molecular weight excluding hydrogens is 290 g/mol. The second-order valence-corrected chi connectivity index (χ2v) is 5.69. The SMILES string of the molecule is O=C(NCCc1cc(Br)cs1)C1CCCO1. The third-order valence-corrected chi connectivity index (χ3v) is 4.27. The van der Waals surface area contributed by atoms with Gasteiger partial charge in [0.25, 0.3) is 0 Å². The molecule has 3 nitrogen and oxygen atoms in total. The highest BCUT2D eigenvalue weighted by atomic mass is 79.9. The van der Waals surface area contributed by atoms with E-state index in [1.54, 1.807) is 11.3 Å². The molecule has 1 aromatic heterocycles. The van der Waals surface area contributed by atoms with Crippen molar-refractivity contribution in [3.8, 4) is 0 Å². The maximum absolute atomic E-state index is 11.6. The number of carbonyl (C=O) groups excluding carboxylic acids is 1. The van der Waals surface area contributed by atoms with Crippen molar-refractivity contribution in [3.63, 3.8) is 0 Å². The van der Waals surface area contributed by atoms with E-state index in [2.05, 4.69) is 32.7 Å². The van der Waals surface area contributed by atoms with Gasteiger partial charge in [0.15, 0.2) is 0 Å². The van der Waals surface area contributed by atoms with Gasteiger partial charge in [0, 0.05) is 27.9 Å². The van der Waals surface area contributed by atoms with Gasteiger partial charge < -0.3 is 10.1 Å². The highest BCUT2D eigenvalue weighted by molar-refractivity contribution is 9.10. The fraction of sp³-hybridized carbons (Fsp3) is 0.545. The summed E-state index contributed by atoms with van der Waals surface area (Å²) >= 11 is 5.11. The minimum Gasteiger partial charge on any atom is -0.368 e. The van der Waals surface area contributed by atoms with Crippen LogP contribution in [0.25, 0.3) is 0 Å². The average Bonchev–Trinajstić information content (AvgIpc) is 2.89. The molecule has 1 amide bonds. The third-order valence-electron chi connectivity index (χ3n) is 2.51. The summed E-state index contributed by atoms with van der Waals surface area (Å²) in [7, 11) is 0. The van der Waals surface area contributed by atoms with E-state index in [0.717, 1.165) is 30.3 Å². The van der Waals surface area contributed by atoms with Crippen molar-refractivity contribution >= 4 is 33.2 Å². The van der Waals surface area contributed by atoms with Crippen LogP contribution >= 0.6 is 27.3 Å². The Morgan fingerprint density at radius 2 is 2.56 bits per heavy atom. The summed E-state index contributed by atoms with van der Waals surface area (Å²) in [5, 5.41) is 4.96. The summed E-state index contributed by atoms with van der Waals surface area (Å²) in [5.41, 5.74) is 0. The molecule has 0 aliphatic carbocycles. The van der Waals surface area contributed by atoms with E-state index in [1.807, 2.05) is 0 Å². The number of ether oxygens (including phenoxy) is 1. The smallest absolute Gasteiger partial charge is 0.249 e. The zero-order chi connectivity index (χ0) is 11.4. The number of rotatable bonds is 4. The van der Waals surface area contributed by atoms with E-state index in [9.17, 15) is 4.79 Å². The van der Waals surface area contributed by atoms with Crippen LogP contribution in [0.5, 0.6) is 0 Å². The van der Waals surface area contributed by atoms with Crippen molar-refractivity contribution in [1.82, 2.24) is 5.32 Å². The van der Waals surface area contributed by atoms with Crippen LogP contribution in [-0.4, -0.2) is 25.2 Å². The van der Waals surface area contributed by atoms with Gasteiger partial charge in [-0.1, -0.05) is 0 Å². The van der Waals surface area contributed by atoms with Crippen LogP contribution in [0.15, 0.2) is 15.9 Å². The van der Waals surface area contributed by atoms with Gasteiger partial charge in [-0.3, -0.25) is 4.79 Å². The molecule has 88 valence electrons. The van der Waals surface area contributed by atoms with Crippen molar-refractivity contribution in [2.45, 2.75) is 25.4 Å². The number of carbonyl (C=O) groups is 1. The first-order valence-electron chi connectivity index (χ1n) is 5.38. The lowest BCUT2D eigenvalue weighted by atomic mass is 10.2.